The molecule has 2 heterocycles. The van der Waals surface area contributed by atoms with Gasteiger partial charge >= 0.3 is 5.69 Å². The lowest BCUT2D eigenvalue weighted by Gasteiger charge is -2.04. The van der Waals surface area contributed by atoms with Crippen molar-refractivity contribution >= 4 is 22.8 Å². The highest BCUT2D eigenvalue weighted by Gasteiger charge is 2.15. The summed E-state index contributed by atoms with van der Waals surface area (Å²) in [5.41, 5.74) is -0.191. The van der Waals surface area contributed by atoms with Crippen LogP contribution < -0.4 is 11.2 Å². The molecule has 2 aromatic rings. The van der Waals surface area contributed by atoms with Crippen LogP contribution in [0, 0.1) is 0 Å². The van der Waals surface area contributed by atoms with Crippen molar-refractivity contribution in [3.8, 4) is 0 Å². The summed E-state index contributed by atoms with van der Waals surface area (Å²) in [6.07, 6.45) is 0.829. The third kappa shape index (κ3) is 1.78. The fourth-order valence-corrected chi connectivity index (χ4v) is 2.12. The molecule has 0 radical (unpaired) electrons. The predicted molar refractivity (Wildman–Crippen MR) is 65.6 cm³/mol. The maximum Gasteiger partial charge on any atom is 0.330 e. The standard InChI is InChI=1S/C10H13ClN4O2/c1-3-5-15-6-7(12-9(15)11)14(4-2)10(17)13-8(6)16/h3-5H2,1-2H3,(H,13,16,17). The van der Waals surface area contributed by atoms with Crippen molar-refractivity contribution in [2.75, 3.05) is 0 Å². The molecular formula is C10H13ClN4O2. The van der Waals surface area contributed by atoms with E-state index in [0.29, 0.717) is 24.3 Å². The Balaban J connectivity index is 2.93. The molecule has 0 saturated heterocycles. The van der Waals surface area contributed by atoms with Crippen LogP contribution in [0.25, 0.3) is 11.2 Å². The first-order chi connectivity index (χ1) is 8.10. The molecule has 0 bridgehead atoms. The highest BCUT2D eigenvalue weighted by atomic mass is 35.5. The number of aromatic nitrogens is 4. The normalized spacial score (nSPS) is 11.2. The number of halogens is 1. The van der Waals surface area contributed by atoms with Gasteiger partial charge in [-0.2, -0.15) is 4.98 Å². The minimum atomic E-state index is -0.456. The van der Waals surface area contributed by atoms with Gasteiger partial charge in [-0.1, -0.05) is 6.92 Å². The van der Waals surface area contributed by atoms with Crippen LogP contribution in [0.1, 0.15) is 20.3 Å². The van der Waals surface area contributed by atoms with Crippen molar-refractivity contribution in [3.05, 3.63) is 26.1 Å². The molecule has 1 N–H and O–H groups in total. The molecule has 0 saturated carbocycles. The average molecular weight is 257 g/mol. The quantitative estimate of drug-likeness (QED) is 0.832. The van der Waals surface area contributed by atoms with Crippen LogP contribution >= 0.6 is 11.6 Å². The number of H-pyrrole nitrogens is 1. The number of aromatic amines is 1. The van der Waals surface area contributed by atoms with Gasteiger partial charge in [0.15, 0.2) is 11.2 Å². The molecule has 0 unspecified atom stereocenters. The van der Waals surface area contributed by atoms with Crippen molar-refractivity contribution in [3.63, 3.8) is 0 Å². The molecule has 0 atom stereocenters. The zero-order valence-corrected chi connectivity index (χ0v) is 10.4. The summed E-state index contributed by atoms with van der Waals surface area (Å²) in [6.45, 7) is 4.82. The van der Waals surface area contributed by atoms with Gasteiger partial charge < -0.3 is 4.57 Å². The Labute approximate surface area is 102 Å². The highest BCUT2D eigenvalue weighted by molar-refractivity contribution is 6.29. The Hall–Kier alpha value is -1.56. The van der Waals surface area contributed by atoms with Gasteiger partial charge in [0.05, 0.1) is 0 Å². The summed E-state index contributed by atoms with van der Waals surface area (Å²) >= 11 is 5.98. The molecule has 0 aliphatic carbocycles. The Kier molecular flexibility index (Phi) is 3.06. The third-order valence-corrected chi connectivity index (χ3v) is 2.89. The highest BCUT2D eigenvalue weighted by Crippen LogP contribution is 2.15. The lowest BCUT2D eigenvalue weighted by molar-refractivity contribution is 0.690. The van der Waals surface area contributed by atoms with Crippen LogP contribution in [-0.4, -0.2) is 19.1 Å². The molecule has 0 aromatic carbocycles. The Bertz CT molecular complexity index is 667. The van der Waals surface area contributed by atoms with Crippen LogP contribution in [0.3, 0.4) is 0 Å². The monoisotopic (exact) mass is 256 g/mol. The lowest BCUT2D eigenvalue weighted by atomic mass is 10.4. The third-order valence-electron chi connectivity index (χ3n) is 2.60. The second kappa shape index (κ2) is 4.37. The lowest BCUT2D eigenvalue weighted by Crippen LogP contribution is -2.30. The second-order valence-electron chi connectivity index (χ2n) is 3.71. The predicted octanol–water partition coefficient (Wildman–Crippen LogP) is 0.970. The zero-order valence-electron chi connectivity index (χ0n) is 9.66. The fourth-order valence-electron chi connectivity index (χ4n) is 1.87. The van der Waals surface area contributed by atoms with E-state index in [9.17, 15) is 9.59 Å². The second-order valence-corrected chi connectivity index (χ2v) is 4.05. The zero-order chi connectivity index (χ0) is 12.6. The van der Waals surface area contributed by atoms with E-state index < -0.39 is 11.2 Å². The van der Waals surface area contributed by atoms with Gasteiger partial charge in [-0.05, 0) is 24.9 Å². The molecule has 17 heavy (non-hydrogen) atoms. The van der Waals surface area contributed by atoms with Crippen LogP contribution in [0.2, 0.25) is 5.28 Å². The molecule has 7 heteroatoms. The number of imidazole rings is 1. The Morgan fingerprint density at radius 3 is 2.59 bits per heavy atom. The first-order valence-corrected chi connectivity index (χ1v) is 5.86. The molecule has 0 aliphatic heterocycles. The van der Waals surface area contributed by atoms with Crippen molar-refractivity contribution < 1.29 is 0 Å². The first kappa shape index (κ1) is 11.9. The van der Waals surface area contributed by atoms with Gasteiger partial charge in [0.1, 0.15) is 0 Å². The van der Waals surface area contributed by atoms with Crippen LogP contribution in [0.4, 0.5) is 0 Å². The average Bonchev–Trinajstić information content (AvgIpc) is 2.57. The summed E-state index contributed by atoms with van der Waals surface area (Å²) < 4.78 is 3.02. The number of rotatable bonds is 3. The van der Waals surface area contributed by atoms with Crippen LogP contribution in [-0.2, 0) is 13.1 Å². The molecular weight excluding hydrogens is 244 g/mol. The van der Waals surface area contributed by atoms with Gasteiger partial charge in [-0.15, -0.1) is 0 Å². The van der Waals surface area contributed by atoms with Crippen LogP contribution in [0.15, 0.2) is 9.59 Å². The maximum atomic E-state index is 11.8. The van der Waals surface area contributed by atoms with Crippen molar-refractivity contribution in [1.82, 2.24) is 19.1 Å². The van der Waals surface area contributed by atoms with E-state index in [-0.39, 0.29) is 5.28 Å². The van der Waals surface area contributed by atoms with E-state index in [1.54, 1.807) is 4.57 Å². The van der Waals surface area contributed by atoms with Gasteiger partial charge in [0, 0.05) is 13.1 Å². The SMILES string of the molecule is CCCn1c(Cl)nc2c1c(=O)[nH]c(=O)n2CC. The summed E-state index contributed by atoms with van der Waals surface area (Å²) in [5, 5.41) is 0.236. The summed E-state index contributed by atoms with van der Waals surface area (Å²) in [6, 6.07) is 0. The van der Waals surface area contributed by atoms with E-state index in [4.69, 9.17) is 11.6 Å². The molecule has 2 aromatic heterocycles. The number of fused-ring (bicyclic) bond motifs is 1. The number of nitrogens with one attached hydrogen (secondary N) is 1. The van der Waals surface area contributed by atoms with Gasteiger partial charge in [0.25, 0.3) is 5.56 Å². The minimum Gasteiger partial charge on any atom is -0.309 e. The summed E-state index contributed by atoms with van der Waals surface area (Å²) in [5.74, 6) is 0. The minimum absolute atomic E-state index is 0.236. The van der Waals surface area contributed by atoms with Crippen molar-refractivity contribution in [1.29, 1.82) is 0 Å². The molecule has 92 valence electrons. The van der Waals surface area contributed by atoms with Gasteiger partial charge in [-0.25, -0.2) is 4.79 Å². The topological polar surface area (TPSA) is 72.7 Å². The molecule has 6 nitrogen and oxygen atoms in total. The van der Waals surface area contributed by atoms with Crippen LogP contribution in [0.5, 0.6) is 0 Å². The van der Waals surface area contributed by atoms with Gasteiger partial charge in [0.2, 0.25) is 5.28 Å². The van der Waals surface area contributed by atoms with E-state index in [2.05, 4.69) is 9.97 Å². The number of hydrogen-bond donors (Lipinski definition) is 1. The van der Waals surface area contributed by atoms with Crippen molar-refractivity contribution in [2.45, 2.75) is 33.4 Å². The van der Waals surface area contributed by atoms with Crippen molar-refractivity contribution in [2.24, 2.45) is 0 Å². The number of hydrogen-bond acceptors (Lipinski definition) is 3. The molecule has 2 rings (SSSR count). The largest absolute Gasteiger partial charge is 0.330 e. The first-order valence-electron chi connectivity index (χ1n) is 5.49. The molecule has 0 spiro atoms. The summed E-state index contributed by atoms with van der Waals surface area (Å²) in [4.78, 5) is 29.7. The fraction of sp³-hybridized carbons (Fsp3) is 0.500. The summed E-state index contributed by atoms with van der Waals surface area (Å²) in [7, 11) is 0. The maximum absolute atomic E-state index is 11.8. The Morgan fingerprint density at radius 1 is 1.29 bits per heavy atom. The van der Waals surface area contributed by atoms with E-state index >= 15 is 0 Å². The van der Waals surface area contributed by atoms with E-state index in [0.717, 1.165) is 6.42 Å². The number of aryl methyl sites for hydroxylation is 2. The Morgan fingerprint density at radius 2 is 2.00 bits per heavy atom. The molecule has 0 aliphatic rings. The van der Waals surface area contributed by atoms with E-state index in [1.807, 2.05) is 13.8 Å². The molecule has 0 amide bonds. The number of nitrogens with zero attached hydrogens (tertiary/aromatic N) is 3. The van der Waals surface area contributed by atoms with Gasteiger partial charge in [-0.3, -0.25) is 14.3 Å². The van der Waals surface area contributed by atoms with E-state index in [1.165, 1.54) is 4.57 Å². The molecule has 0 fully saturated rings. The smallest absolute Gasteiger partial charge is 0.309 e.